The van der Waals surface area contributed by atoms with Gasteiger partial charge < -0.3 is 0 Å². The van der Waals surface area contributed by atoms with Gasteiger partial charge in [0.25, 0.3) is 0 Å². The van der Waals surface area contributed by atoms with Crippen LogP contribution in [-0.4, -0.2) is 20.1 Å². The number of rotatable bonds is 1. The molecule has 68 valence electrons. The molecule has 2 amide bonds. The summed E-state index contributed by atoms with van der Waals surface area (Å²) in [6, 6.07) is 0. The summed E-state index contributed by atoms with van der Waals surface area (Å²) in [7, 11) is 0. The molecule has 1 atom stereocenters. The first-order valence-electron chi connectivity index (χ1n) is 3.24. The molecule has 1 aliphatic heterocycles. The largest absolute Gasteiger partial charge is 0.273 e. The van der Waals surface area contributed by atoms with Gasteiger partial charge in [-0.05, 0) is 6.92 Å². The molecular formula is C6H6BrCl2NO2. The Morgan fingerprint density at radius 2 is 2.08 bits per heavy atom. The minimum atomic E-state index is -1.19. The van der Waals surface area contributed by atoms with Crippen molar-refractivity contribution in [3.63, 3.8) is 0 Å². The van der Waals surface area contributed by atoms with Gasteiger partial charge in [-0.15, -0.1) is 23.2 Å². The number of hydrogen-bond acceptors (Lipinski definition) is 2. The average molecular weight is 275 g/mol. The first kappa shape index (κ1) is 10.3. The van der Waals surface area contributed by atoms with Crippen LogP contribution < -0.4 is 0 Å². The maximum Gasteiger partial charge on any atom is 0.246 e. The zero-order chi connectivity index (χ0) is 9.52. The van der Waals surface area contributed by atoms with E-state index in [4.69, 9.17) is 23.2 Å². The molecule has 1 rings (SSSR count). The molecule has 0 N–H and O–H groups in total. The highest BCUT2D eigenvalue weighted by atomic mass is 79.9. The van der Waals surface area contributed by atoms with Crippen LogP contribution in [0.2, 0.25) is 0 Å². The van der Waals surface area contributed by atoms with E-state index in [1.807, 2.05) is 0 Å². The molecule has 1 aliphatic rings. The summed E-state index contributed by atoms with van der Waals surface area (Å²) >= 11 is 14.2. The number of carbonyl (C=O) groups excluding carboxylic acids is 2. The highest BCUT2D eigenvalue weighted by molar-refractivity contribution is 9.08. The van der Waals surface area contributed by atoms with Crippen LogP contribution >= 0.6 is 39.3 Å². The highest BCUT2D eigenvalue weighted by Crippen LogP contribution is 2.38. The zero-order valence-electron chi connectivity index (χ0n) is 6.18. The summed E-state index contributed by atoms with van der Waals surface area (Å²) in [4.78, 5) is 22.2. The fourth-order valence-corrected chi connectivity index (χ4v) is 1.73. The average Bonchev–Trinajstić information content (AvgIpc) is 2.15. The summed E-state index contributed by atoms with van der Waals surface area (Å²) in [6.45, 7) is 1.50. The quantitative estimate of drug-likeness (QED) is 0.416. The molecule has 0 aromatic carbocycles. The molecule has 1 unspecified atom stereocenters. The Hall–Kier alpha value is 0.200. The first-order chi connectivity index (χ1) is 5.34. The van der Waals surface area contributed by atoms with Gasteiger partial charge in [0, 0.05) is 6.42 Å². The van der Waals surface area contributed by atoms with E-state index in [2.05, 4.69) is 16.1 Å². The summed E-state index contributed by atoms with van der Waals surface area (Å²) in [5.41, 5.74) is 0. The Bertz CT molecular complexity index is 238. The van der Waals surface area contributed by atoms with Gasteiger partial charge in [0.2, 0.25) is 11.8 Å². The second kappa shape index (κ2) is 3.16. The van der Waals surface area contributed by atoms with E-state index in [1.54, 1.807) is 0 Å². The molecule has 0 aromatic rings. The van der Waals surface area contributed by atoms with Crippen molar-refractivity contribution in [3.8, 4) is 0 Å². The van der Waals surface area contributed by atoms with Gasteiger partial charge in [0.15, 0.2) is 0 Å². The Labute approximate surface area is 88.3 Å². The number of carbonyl (C=O) groups is 2. The minimum absolute atomic E-state index is 0.0631. The molecule has 3 nitrogen and oxygen atoms in total. The van der Waals surface area contributed by atoms with Crippen molar-refractivity contribution >= 4 is 51.2 Å². The minimum Gasteiger partial charge on any atom is -0.273 e. The van der Waals surface area contributed by atoms with Gasteiger partial charge in [-0.3, -0.25) is 9.59 Å². The van der Waals surface area contributed by atoms with Gasteiger partial charge in [-0.2, -0.15) is 0 Å². The molecule has 0 saturated carbocycles. The van der Waals surface area contributed by atoms with Crippen molar-refractivity contribution in [3.05, 3.63) is 0 Å². The number of alkyl halides is 2. The highest BCUT2D eigenvalue weighted by Gasteiger charge is 2.46. The van der Waals surface area contributed by atoms with E-state index in [-0.39, 0.29) is 18.2 Å². The van der Waals surface area contributed by atoms with Crippen molar-refractivity contribution in [1.29, 1.82) is 0 Å². The number of halogens is 3. The van der Waals surface area contributed by atoms with E-state index in [0.717, 1.165) is 3.93 Å². The Morgan fingerprint density at radius 3 is 2.25 bits per heavy atom. The third kappa shape index (κ3) is 1.75. The Kier molecular flexibility index (Phi) is 2.71. The third-order valence-corrected chi connectivity index (χ3v) is 2.97. The van der Waals surface area contributed by atoms with E-state index in [0.29, 0.717) is 0 Å². The summed E-state index contributed by atoms with van der Waals surface area (Å²) in [6.07, 6.45) is 0.0631. The smallest absolute Gasteiger partial charge is 0.246 e. The molecule has 0 aliphatic carbocycles. The van der Waals surface area contributed by atoms with Gasteiger partial charge in [0.1, 0.15) is 4.33 Å². The Morgan fingerprint density at radius 1 is 1.58 bits per heavy atom. The molecular weight excluding hydrogens is 269 g/mol. The van der Waals surface area contributed by atoms with E-state index < -0.39 is 10.3 Å². The molecule has 1 heterocycles. The van der Waals surface area contributed by atoms with Crippen molar-refractivity contribution < 1.29 is 9.59 Å². The van der Waals surface area contributed by atoms with Crippen LogP contribution in [0.15, 0.2) is 0 Å². The third-order valence-electron chi connectivity index (χ3n) is 1.70. The first-order valence-corrected chi connectivity index (χ1v) is 4.71. The second-order valence-electron chi connectivity index (χ2n) is 2.73. The van der Waals surface area contributed by atoms with Crippen LogP contribution in [-0.2, 0) is 9.59 Å². The topological polar surface area (TPSA) is 37.4 Å². The molecule has 0 bridgehead atoms. The molecule has 0 spiro atoms. The summed E-state index contributed by atoms with van der Waals surface area (Å²) in [5, 5.41) is 0. The molecule has 1 saturated heterocycles. The second-order valence-corrected chi connectivity index (χ2v) is 5.20. The maximum absolute atomic E-state index is 11.3. The fraction of sp³-hybridized carbons (Fsp3) is 0.667. The SMILES string of the molecule is CC(Cl)(Cl)C1CC(=O)N(Br)C1=O. The molecule has 0 radical (unpaired) electrons. The van der Waals surface area contributed by atoms with E-state index >= 15 is 0 Å². The number of nitrogens with zero attached hydrogens (tertiary/aromatic N) is 1. The van der Waals surface area contributed by atoms with Gasteiger partial charge >= 0.3 is 0 Å². The number of amides is 2. The maximum atomic E-state index is 11.3. The summed E-state index contributed by atoms with van der Waals surface area (Å²) in [5.74, 6) is -1.34. The van der Waals surface area contributed by atoms with Crippen molar-refractivity contribution in [1.82, 2.24) is 3.93 Å². The fourth-order valence-electron chi connectivity index (χ4n) is 0.998. The van der Waals surface area contributed by atoms with Crippen LogP contribution in [0.1, 0.15) is 13.3 Å². The van der Waals surface area contributed by atoms with Crippen molar-refractivity contribution in [2.45, 2.75) is 17.7 Å². The van der Waals surface area contributed by atoms with Crippen molar-refractivity contribution in [2.75, 3.05) is 0 Å². The van der Waals surface area contributed by atoms with Gasteiger partial charge in [0.05, 0.1) is 22.1 Å². The van der Waals surface area contributed by atoms with Gasteiger partial charge in [-0.1, -0.05) is 0 Å². The molecule has 1 fully saturated rings. The summed E-state index contributed by atoms with van der Waals surface area (Å²) < 4.78 is -0.310. The standard InChI is InChI=1S/C6H6BrCl2NO2/c1-6(8,9)3-2-4(11)10(7)5(3)12/h3H,2H2,1H3. The Balaban J connectivity index is 2.86. The lowest BCUT2D eigenvalue weighted by molar-refractivity contribution is -0.132. The van der Waals surface area contributed by atoms with Crippen LogP contribution in [0.3, 0.4) is 0 Å². The number of hydrogen-bond donors (Lipinski definition) is 0. The lowest BCUT2D eigenvalue weighted by Crippen LogP contribution is -2.29. The molecule has 6 heteroatoms. The predicted molar refractivity (Wildman–Crippen MR) is 49.0 cm³/mol. The van der Waals surface area contributed by atoms with Crippen LogP contribution in [0.5, 0.6) is 0 Å². The number of imide groups is 1. The lowest BCUT2D eigenvalue weighted by atomic mass is 10.0. The van der Waals surface area contributed by atoms with Crippen LogP contribution in [0, 0.1) is 5.92 Å². The molecule has 12 heavy (non-hydrogen) atoms. The van der Waals surface area contributed by atoms with E-state index in [9.17, 15) is 9.59 Å². The van der Waals surface area contributed by atoms with E-state index in [1.165, 1.54) is 6.92 Å². The van der Waals surface area contributed by atoms with Crippen molar-refractivity contribution in [2.24, 2.45) is 5.92 Å². The van der Waals surface area contributed by atoms with Crippen LogP contribution in [0.25, 0.3) is 0 Å². The molecule has 0 aromatic heterocycles. The predicted octanol–water partition coefficient (Wildman–Crippen LogP) is 1.87. The lowest BCUT2D eigenvalue weighted by Gasteiger charge is -2.18. The zero-order valence-corrected chi connectivity index (χ0v) is 9.28. The van der Waals surface area contributed by atoms with Gasteiger partial charge in [-0.25, -0.2) is 3.93 Å². The van der Waals surface area contributed by atoms with Crippen LogP contribution in [0.4, 0.5) is 0 Å². The normalized spacial score (nSPS) is 25.3. The monoisotopic (exact) mass is 273 g/mol.